The molecule has 0 radical (unpaired) electrons. The molecule has 0 spiro atoms. The van der Waals surface area contributed by atoms with Crippen molar-refractivity contribution in [2.24, 2.45) is 0 Å². The molecule has 0 saturated heterocycles. The van der Waals surface area contributed by atoms with Crippen LogP contribution in [0.3, 0.4) is 0 Å². The minimum absolute atomic E-state index is 0.0938. The first-order valence-corrected chi connectivity index (χ1v) is 5.79. The summed E-state index contributed by atoms with van der Waals surface area (Å²) in [6.45, 7) is 6.36. The molecule has 19 heavy (non-hydrogen) atoms. The Hall–Kier alpha value is -1.85. The number of allylic oxidation sites excluding steroid dienone is 1. The zero-order valence-corrected chi connectivity index (χ0v) is 10.7. The molecule has 104 valence electrons. The van der Waals surface area contributed by atoms with Crippen LogP contribution in [0.1, 0.15) is 30.5 Å². The molecule has 0 atom stereocenters. The van der Waals surface area contributed by atoms with Gasteiger partial charge in [0.1, 0.15) is 0 Å². The molecule has 1 aromatic carbocycles. The minimum atomic E-state index is -4.54. The standard InChI is InChI=1S/C13H14F3NO2/c1-4-9-6-11(8(3)13(14,15)16)7-10(5-2)12(9)17(18)19/h6-7H,3-5H2,1-2H3. The fraction of sp³-hybridized carbons (Fsp3) is 0.385. The summed E-state index contributed by atoms with van der Waals surface area (Å²) in [7, 11) is 0. The van der Waals surface area contributed by atoms with Gasteiger partial charge in [0, 0.05) is 11.1 Å². The van der Waals surface area contributed by atoms with Gasteiger partial charge < -0.3 is 0 Å². The zero-order valence-electron chi connectivity index (χ0n) is 10.7. The third-order valence-electron chi connectivity index (χ3n) is 2.90. The predicted molar refractivity (Wildman–Crippen MR) is 66.9 cm³/mol. The van der Waals surface area contributed by atoms with E-state index in [4.69, 9.17) is 0 Å². The quantitative estimate of drug-likeness (QED) is 0.606. The summed E-state index contributed by atoms with van der Waals surface area (Å²) in [5.74, 6) is 0. The summed E-state index contributed by atoms with van der Waals surface area (Å²) >= 11 is 0. The molecule has 0 unspecified atom stereocenters. The molecule has 0 heterocycles. The van der Waals surface area contributed by atoms with E-state index in [1.54, 1.807) is 13.8 Å². The molecule has 1 aromatic rings. The molecule has 0 aromatic heterocycles. The Labute approximate surface area is 108 Å². The maximum Gasteiger partial charge on any atom is 0.416 e. The topological polar surface area (TPSA) is 43.1 Å². The second-order valence-corrected chi connectivity index (χ2v) is 4.08. The van der Waals surface area contributed by atoms with Crippen LogP contribution in [0.4, 0.5) is 18.9 Å². The highest BCUT2D eigenvalue weighted by molar-refractivity contribution is 5.71. The van der Waals surface area contributed by atoms with Gasteiger partial charge in [-0.05, 0) is 30.5 Å². The molecular formula is C13H14F3NO2. The average molecular weight is 273 g/mol. The van der Waals surface area contributed by atoms with Crippen molar-refractivity contribution in [2.75, 3.05) is 0 Å². The van der Waals surface area contributed by atoms with Crippen LogP contribution >= 0.6 is 0 Å². The summed E-state index contributed by atoms with van der Waals surface area (Å²) in [6.07, 6.45) is -3.95. The fourth-order valence-corrected chi connectivity index (χ4v) is 1.87. The molecule has 0 aliphatic rings. The lowest BCUT2D eigenvalue weighted by Crippen LogP contribution is -2.11. The monoisotopic (exact) mass is 273 g/mol. The normalized spacial score (nSPS) is 11.4. The molecule has 0 saturated carbocycles. The second-order valence-electron chi connectivity index (χ2n) is 4.08. The van der Waals surface area contributed by atoms with Crippen molar-refractivity contribution >= 4 is 11.3 Å². The zero-order chi connectivity index (χ0) is 14.8. The molecule has 0 N–H and O–H groups in total. The Balaban J connectivity index is 3.48. The molecule has 0 aliphatic carbocycles. The maximum atomic E-state index is 12.6. The number of nitro benzene ring substituents is 1. The Morgan fingerprint density at radius 3 is 1.95 bits per heavy atom. The van der Waals surface area contributed by atoms with Gasteiger partial charge in [0.05, 0.1) is 10.5 Å². The Kier molecular flexibility index (Phi) is 4.34. The van der Waals surface area contributed by atoms with E-state index in [0.717, 1.165) is 0 Å². The summed E-state index contributed by atoms with van der Waals surface area (Å²) in [5.41, 5.74) is -0.586. The predicted octanol–water partition coefficient (Wildman–Crippen LogP) is 4.30. The van der Waals surface area contributed by atoms with E-state index in [-0.39, 0.29) is 11.3 Å². The lowest BCUT2D eigenvalue weighted by atomic mass is 9.96. The van der Waals surface area contributed by atoms with E-state index in [1.165, 1.54) is 12.1 Å². The van der Waals surface area contributed by atoms with Gasteiger partial charge in [-0.1, -0.05) is 20.4 Å². The maximum absolute atomic E-state index is 12.6. The lowest BCUT2D eigenvalue weighted by Gasteiger charge is -2.13. The SMILES string of the molecule is C=C(c1cc(CC)c([N+](=O)[O-])c(CC)c1)C(F)(F)F. The van der Waals surface area contributed by atoms with E-state index in [0.29, 0.717) is 24.0 Å². The van der Waals surface area contributed by atoms with Crippen LogP contribution in [-0.2, 0) is 12.8 Å². The van der Waals surface area contributed by atoms with Gasteiger partial charge in [-0.15, -0.1) is 0 Å². The number of alkyl halides is 3. The van der Waals surface area contributed by atoms with Gasteiger partial charge in [0.25, 0.3) is 5.69 Å². The third kappa shape index (κ3) is 3.13. The van der Waals surface area contributed by atoms with E-state index in [1.807, 2.05) is 0 Å². The summed E-state index contributed by atoms with van der Waals surface area (Å²) in [5, 5.41) is 11.0. The highest BCUT2D eigenvalue weighted by Crippen LogP contribution is 2.36. The van der Waals surface area contributed by atoms with Crippen molar-refractivity contribution in [1.29, 1.82) is 0 Å². The summed E-state index contributed by atoms with van der Waals surface area (Å²) < 4.78 is 37.9. The van der Waals surface area contributed by atoms with E-state index in [2.05, 4.69) is 6.58 Å². The van der Waals surface area contributed by atoms with Gasteiger partial charge in [0.15, 0.2) is 0 Å². The van der Waals surface area contributed by atoms with Crippen LogP contribution in [0.2, 0.25) is 0 Å². The smallest absolute Gasteiger partial charge is 0.258 e. The number of benzene rings is 1. The van der Waals surface area contributed by atoms with Crippen molar-refractivity contribution in [3.8, 4) is 0 Å². The van der Waals surface area contributed by atoms with Crippen LogP contribution in [0.25, 0.3) is 5.57 Å². The van der Waals surface area contributed by atoms with E-state index >= 15 is 0 Å². The van der Waals surface area contributed by atoms with Crippen molar-refractivity contribution in [2.45, 2.75) is 32.9 Å². The number of aryl methyl sites for hydroxylation is 2. The number of nitrogens with zero attached hydrogens (tertiary/aromatic N) is 1. The molecule has 0 bridgehead atoms. The number of hydrogen-bond donors (Lipinski definition) is 0. The van der Waals surface area contributed by atoms with Gasteiger partial charge >= 0.3 is 6.18 Å². The molecule has 1 rings (SSSR count). The number of halogens is 3. The average Bonchev–Trinajstić information content (AvgIpc) is 2.34. The van der Waals surface area contributed by atoms with Crippen LogP contribution in [-0.4, -0.2) is 11.1 Å². The van der Waals surface area contributed by atoms with Gasteiger partial charge in [-0.3, -0.25) is 10.1 Å². The molecule has 3 nitrogen and oxygen atoms in total. The second kappa shape index (κ2) is 5.42. The third-order valence-corrected chi connectivity index (χ3v) is 2.90. The first-order chi connectivity index (χ1) is 8.72. The highest BCUT2D eigenvalue weighted by atomic mass is 19.4. The van der Waals surface area contributed by atoms with Crippen molar-refractivity contribution in [1.82, 2.24) is 0 Å². The Morgan fingerprint density at radius 1 is 1.26 bits per heavy atom. The van der Waals surface area contributed by atoms with Gasteiger partial charge in [-0.25, -0.2) is 0 Å². The first-order valence-electron chi connectivity index (χ1n) is 5.79. The largest absolute Gasteiger partial charge is 0.416 e. The molecule has 6 heteroatoms. The Morgan fingerprint density at radius 2 is 1.68 bits per heavy atom. The Bertz CT molecular complexity index is 496. The molecule has 0 fully saturated rings. The number of nitro groups is 1. The fourth-order valence-electron chi connectivity index (χ4n) is 1.87. The van der Waals surface area contributed by atoms with Crippen LogP contribution < -0.4 is 0 Å². The van der Waals surface area contributed by atoms with Crippen LogP contribution in [0.5, 0.6) is 0 Å². The van der Waals surface area contributed by atoms with Gasteiger partial charge in [0.2, 0.25) is 0 Å². The van der Waals surface area contributed by atoms with Crippen molar-refractivity contribution in [3.63, 3.8) is 0 Å². The van der Waals surface area contributed by atoms with Crippen molar-refractivity contribution < 1.29 is 18.1 Å². The first kappa shape index (κ1) is 15.2. The number of hydrogen-bond acceptors (Lipinski definition) is 2. The molecule has 0 aliphatic heterocycles. The summed E-state index contributed by atoms with van der Waals surface area (Å²) in [6, 6.07) is 2.40. The van der Waals surface area contributed by atoms with E-state index in [9.17, 15) is 23.3 Å². The number of rotatable bonds is 4. The highest BCUT2D eigenvalue weighted by Gasteiger charge is 2.34. The van der Waals surface area contributed by atoms with Crippen LogP contribution in [0, 0.1) is 10.1 Å². The van der Waals surface area contributed by atoms with Gasteiger partial charge in [-0.2, -0.15) is 13.2 Å². The summed E-state index contributed by atoms with van der Waals surface area (Å²) in [4.78, 5) is 10.5. The minimum Gasteiger partial charge on any atom is -0.258 e. The lowest BCUT2D eigenvalue weighted by molar-refractivity contribution is -0.386. The van der Waals surface area contributed by atoms with Crippen LogP contribution in [0.15, 0.2) is 18.7 Å². The van der Waals surface area contributed by atoms with Crippen molar-refractivity contribution in [3.05, 3.63) is 45.5 Å². The molecule has 0 amide bonds. The van der Waals surface area contributed by atoms with E-state index < -0.39 is 16.7 Å². The molecular weight excluding hydrogens is 259 g/mol.